The van der Waals surface area contributed by atoms with Gasteiger partial charge in [0.1, 0.15) is 11.6 Å². The van der Waals surface area contributed by atoms with Crippen molar-refractivity contribution in [3.05, 3.63) is 53.3 Å². The zero-order chi connectivity index (χ0) is 23.3. The third-order valence-electron chi connectivity index (χ3n) is 4.96. The predicted molar refractivity (Wildman–Crippen MR) is 115 cm³/mol. The summed E-state index contributed by atoms with van der Waals surface area (Å²) in [5.41, 5.74) is 0.256. The molecule has 1 aliphatic heterocycles. The second-order valence-electron chi connectivity index (χ2n) is 7.16. The number of esters is 1. The van der Waals surface area contributed by atoms with Crippen LogP contribution in [0.4, 0.5) is 10.1 Å². The highest BCUT2D eigenvalue weighted by Gasteiger charge is 2.34. The monoisotopic (exact) mass is 484 g/mol. The summed E-state index contributed by atoms with van der Waals surface area (Å²) in [6, 6.07) is 9.66. The number of hydrogen-bond donors (Lipinski definition) is 1. The van der Waals surface area contributed by atoms with Crippen LogP contribution in [0.3, 0.4) is 0 Å². The van der Waals surface area contributed by atoms with Gasteiger partial charge in [0.15, 0.2) is 6.61 Å². The van der Waals surface area contributed by atoms with E-state index in [4.69, 9.17) is 21.1 Å². The number of nitrogens with one attached hydrogen (secondary N) is 1. The largest absolute Gasteiger partial charge is 0.497 e. The number of carbonyl (C=O) groups is 2. The van der Waals surface area contributed by atoms with E-state index in [0.29, 0.717) is 18.6 Å². The van der Waals surface area contributed by atoms with E-state index in [9.17, 15) is 22.4 Å². The number of hydrogen-bond acceptors (Lipinski definition) is 6. The number of ether oxygens (including phenoxy) is 2. The molecule has 0 aromatic heterocycles. The van der Waals surface area contributed by atoms with Crippen molar-refractivity contribution in [2.45, 2.75) is 17.7 Å². The summed E-state index contributed by atoms with van der Waals surface area (Å²) < 4.78 is 50.4. The first kappa shape index (κ1) is 24.0. The highest BCUT2D eigenvalue weighted by Crippen LogP contribution is 2.26. The number of sulfonamides is 1. The average Bonchev–Trinajstić information content (AvgIpc) is 2.80. The number of anilines is 1. The standard InChI is InChI=1S/C21H22ClFN2O6S/c1-30-16-5-7-17(8-6-16)32(28,29)25-10-2-3-14(12-25)21(27)31-13-20(26)24-15-4-9-19(23)18(22)11-15/h4-9,11,14H,2-3,10,12-13H2,1H3,(H,24,26). The summed E-state index contributed by atoms with van der Waals surface area (Å²) in [6.45, 7) is -0.318. The van der Waals surface area contributed by atoms with E-state index in [2.05, 4.69) is 5.32 Å². The minimum absolute atomic E-state index is 0.0393. The summed E-state index contributed by atoms with van der Waals surface area (Å²) in [6.07, 6.45) is 0.929. The van der Waals surface area contributed by atoms with Crippen molar-refractivity contribution in [1.82, 2.24) is 4.31 Å². The lowest BCUT2D eigenvalue weighted by molar-refractivity contribution is -0.152. The number of methoxy groups -OCH3 is 1. The lowest BCUT2D eigenvalue weighted by atomic mass is 10.00. The Morgan fingerprint density at radius 3 is 2.59 bits per heavy atom. The Morgan fingerprint density at radius 1 is 1.22 bits per heavy atom. The Bertz CT molecular complexity index is 1090. The van der Waals surface area contributed by atoms with Gasteiger partial charge in [-0.3, -0.25) is 9.59 Å². The molecule has 3 rings (SSSR count). The van der Waals surface area contributed by atoms with Crippen LogP contribution in [0.1, 0.15) is 12.8 Å². The van der Waals surface area contributed by atoms with E-state index >= 15 is 0 Å². The smallest absolute Gasteiger partial charge is 0.310 e. The van der Waals surface area contributed by atoms with Gasteiger partial charge in [-0.1, -0.05) is 11.6 Å². The molecule has 1 amide bonds. The molecule has 0 saturated carbocycles. The van der Waals surface area contributed by atoms with Gasteiger partial charge >= 0.3 is 5.97 Å². The third-order valence-corrected chi connectivity index (χ3v) is 7.13. The molecule has 1 N–H and O–H groups in total. The minimum atomic E-state index is -3.79. The number of nitrogens with zero attached hydrogens (tertiary/aromatic N) is 1. The van der Waals surface area contributed by atoms with Gasteiger partial charge in [0, 0.05) is 18.8 Å². The maximum Gasteiger partial charge on any atom is 0.310 e. The maximum absolute atomic E-state index is 13.2. The lowest BCUT2D eigenvalue weighted by Crippen LogP contribution is -2.43. The quantitative estimate of drug-likeness (QED) is 0.606. The normalized spacial score (nSPS) is 16.9. The molecular weight excluding hydrogens is 463 g/mol. The Hall–Kier alpha value is -2.69. The summed E-state index contributed by atoms with van der Waals surface area (Å²) >= 11 is 5.66. The van der Waals surface area contributed by atoms with Crippen molar-refractivity contribution in [3.8, 4) is 5.75 Å². The molecule has 0 spiro atoms. The fourth-order valence-electron chi connectivity index (χ4n) is 3.28. The van der Waals surface area contributed by atoms with E-state index in [1.165, 1.54) is 35.7 Å². The fraction of sp³-hybridized carbons (Fsp3) is 0.333. The van der Waals surface area contributed by atoms with Crippen molar-refractivity contribution < 1.29 is 31.9 Å². The molecule has 172 valence electrons. The van der Waals surface area contributed by atoms with Gasteiger partial charge in [0.05, 0.1) is 22.9 Å². The molecule has 2 aromatic carbocycles. The van der Waals surface area contributed by atoms with Crippen LogP contribution >= 0.6 is 11.6 Å². The lowest BCUT2D eigenvalue weighted by Gasteiger charge is -2.30. The van der Waals surface area contributed by atoms with Crippen molar-refractivity contribution in [2.24, 2.45) is 5.92 Å². The van der Waals surface area contributed by atoms with E-state index in [1.54, 1.807) is 12.1 Å². The van der Waals surface area contributed by atoms with Crippen molar-refractivity contribution in [2.75, 3.05) is 32.1 Å². The molecule has 1 heterocycles. The van der Waals surface area contributed by atoms with Gasteiger partial charge in [-0.25, -0.2) is 12.8 Å². The van der Waals surface area contributed by atoms with Crippen LogP contribution in [0.15, 0.2) is 47.4 Å². The molecule has 1 aliphatic rings. The van der Waals surface area contributed by atoms with E-state index in [0.717, 1.165) is 6.07 Å². The van der Waals surface area contributed by atoms with Crippen LogP contribution in [0.5, 0.6) is 5.75 Å². The Kier molecular flexibility index (Phi) is 7.70. The number of amides is 1. The number of rotatable bonds is 7. The van der Waals surface area contributed by atoms with Gasteiger partial charge in [-0.15, -0.1) is 0 Å². The highest BCUT2D eigenvalue weighted by molar-refractivity contribution is 7.89. The van der Waals surface area contributed by atoms with Gasteiger partial charge in [0.2, 0.25) is 10.0 Å². The molecule has 0 radical (unpaired) electrons. The third kappa shape index (κ3) is 5.76. The molecule has 1 atom stereocenters. The minimum Gasteiger partial charge on any atom is -0.497 e. The summed E-state index contributed by atoms with van der Waals surface area (Å²) in [4.78, 5) is 24.6. The summed E-state index contributed by atoms with van der Waals surface area (Å²) in [7, 11) is -2.30. The maximum atomic E-state index is 13.2. The molecule has 0 aliphatic carbocycles. The van der Waals surface area contributed by atoms with Crippen LogP contribution in [0, 0.1) is 11.7 Å². The van der Waals surface area contributed by atoms with Crippen LogP contribution in [0.25, 0.3) is 0 Å². The first-order valence-corrected chi connectivity index (χ1v) is 11.6. The van der Waals surface area contributed by atoms with E-state index < -0.39 is 40.2 Å². The van der Waals surface area contributed by atoms with Gasteiger partial charge in [0.25, 0.3) is 5.91 Å². The summed E-state index contributed by atoms with van der Waals surface area (Å²) in [5.74, 6) is -2.07. The van der Waals surface area contributed by atoms with E-state index in [-0.39, 0.29) is 28.7 Å². The first-order chi connectivity index (χ1) is 15.2. The average molecular weight is 485 g/mol. The second-order valence-corrected chi connectivity index (χ2v) is 9.51. The molecule has 11 heteroatoms. The Balaban J connectivity index is 1.56. The molecule has 1 saturated heterocycles. The van der Waals surface area contributed by atoms with E-state index in [1.807, 2.05) is 0 Å². The van der Waals surface area contributed by atoms with Crippen molar-refractivity contribution in [3.63, 3.8) is 0 Å². The molecule has 8 nitrogen and oxygen atoms in total. The van der Waals surface area contributed by atoms with Crippen LogP contribution in [0.2, 0.25) is 5.02 Å². The number of halogens is 2. The number of piperidine rings is 1. The zero-order valence-corrected chi connectivity index (χ0v) is 18.8. The van der Waals surface area contributed by atoms with Crippen LogP contribution < -0.4 is 10.1 Å². The van der Waals surface area contributed by atoms with Crippen molar-refractivity contribution in [1.29, 1.82) is 0 Å². The predicted octanol–water partition coefficient (Wildman–Crippen LogP) is 3.07. The van der Waals surface area contributed by atoms with Crippen molar-refractivity contribution >= 4 is 39.2 Å². The van der Waals surface area contributed by atoms with Gasteiger partial charge in [-0.2, -0.15) is 4.31 Å². The van der Waals surface area contributed by atoms with Gasteiger partial charge < -0.3 is 14.8 Å². The number of carbonyl (C=O) groups excluding carboxylic acids is 2. The summed E-state index contributed by atoms with van der Waals surface area (Å²) in [5, 5.41) is 2.30. The molecular formula is C21H22ClFN2O6S. The second kappa shape index (κ2) is 10.3. The van der Waals surface area contributed by atoms with Crippen LogP contribution in [-0.2, 0) is 24.3 Å². The SMILES string of the molecule is COc1ccc(S(=O)(=O)N2CCCC(C(=O)OCC(=O)Nc3ccc(F)c(Cl)c3)C2)cc1. The fourth-order valence-corrected chi connectivity index (χ4v) is 4.98. The van der Waals surface area contributed by atoms with Crippen LogP contribution in [-0.4, -0.2) is 51.4 Å². The van der Waals surface area contributed by atoms with Gasteiger partial charge in [-0.05, 0) is 55.3 Å². The highest BCUT2D eigenvalue weighted by atomic mass is 35.5. The first-order valence-electron chi connectivity index (χ1n) is 9.76. The number of benzene rings is 2. The molecule has 32 heavy (non-hydrogen) atoms. The Labute approximate surface area is 190 Å². The molecule has 2 aromatic rings. The Morgan fingerprint density at radius 2 is 1.94 bits per heavy atom. The topological polar surface area (TPSA) is 102 Å². The molecule has 0 bridgehead atoms. The molecule has 1 fully saturated rings. The zero-order valence-electron chi connectivity index (χ0n) is 17.2. The molecule has 1 unspecified atom stereocenters.